The SMILES string of the molecule is CC1=C(C(=O)NC(=O)CCc2ccccc2)c2ccccc2CN1C1CC1. The number of rotatable bonds is 5. The molecule has 1 saturated carbocycles. The summed E-state index contributed by atoms with van der Waals surface area (Å²) in [5.74, 6) is -0.520. The Morgan fingerprint density at radius 1 is 1.04 bits per heavy atom. The van der Waals surface area contributed by atoms with Crippen LogP contribution in [0.1, 0.15) is 42.9 Å². The second kappa shape index (κ2) is 7.39. The molecule has 4 nitrogen and oxygen atoms in total. The van der Waals surface area contributed by atoms with Crippen LogP contribution in [0.3, 0.4) is 0 Å². The molecule has 1 fully saturated rings. The molecule has 1 aliphatic heterocycles. The van der Waals surface area contributed by atoms with Crippen LogP contribution < -0.4 is 5.32 Å². The molecular weight excluding hydrogens is 336 g/mol. The number of nitrogens with one attached hydrogen (secondary N) is 1. The second-order valence-corrected chi connectivity index (χ2v) is 7.34. The quantitative estimate of drug-likeness (QED) is 0.885. The number of benzene rings is 2. The van der Waals surface area contributed by atoms with Crippen molar-refractivity contribution in [2.24, 2.45) is 0 Å². The number of carbonyl (C=O) groups is 2. The molecule has 0 unspecified atom stereocenters. The van der Waals surface area contributed by atoms with Crippen molar-refractivity contribution < 1.29 is 9.59 Å². The van der Waals surface area contributed by atoms with Gasteiger partial charge in [0.05, 0.1) is 5.57 Å². The van der Waals surface area contributed by atoms with Gasteiger partial charge in [-0.25, -0.2) is 0 Å². The average molecular weight is 360 g/mol. The highest BCUT2D eigenvalue weighted by molar-refractivity contribution is 6.24. The van der Waals surface area contributed by atoms with Gasteiger partial charge in [0, 0.05) is 24.7 Å². The summed E-state index contributed by atoms with van der Waals surface area (Å²) in [4.78, 5) is 27.6. The van der Waals surface area contributed by atoms with Crippen molar-refractivity contribution >= 4 is 17.4 Å². The van der Waals surface area contributed by atoms with Crippen LogP contribution in [0.4, 0.5) is 0 Å². The van der Waals surface area contributed by atoms with Crippen molar-refractivity contribution in [3.63, 3.8) is 0 Å². The van der Waals surface area contributed by atoms with Gasteiger partial charge in [-0.3, -0.25) is 14.9 Å². The van der Waals surface area contributed by atoms with Gasteiger partial charge in [0.25, 0.3) is 5.91 Å². The van der Waals surface area contributed by atoms with Gasteiger partial charge in [-0.1, -0.05) is 54.6 Å². The van der Waals surface area contributed by atoms with Gasteiger partial charge in [-0.2, -0.15) is 0 Å². The summed E-state index contributed by atoms with van der Waals surface area (Å²) >= 11 is 0. The summed E-state index contributed by atoms with van der Waals surface area (Å²) in [7, 11) is 0. The Morgan fingerprint density at radius 3 is 2.48 bits per heavy atom. The van der Waals surface area contributed by atoms with Gasteiger partial charge in [-0.15, -0.1) is 0 Å². The molecule has 27 heavy (non-hydrogen) atoms. The summed E-state index contributed by atoms with van der Waals surface area (Å²) in [6.45, 7) is 2.84. The number of hydrogen-bond acceptors (Lipinski definition) is 3. The van der Waals surface area contributed by atoms with Gasteiger partial charge < -0.3 is 4.90 Å². The predicted octanol–water partition coefficient (Wildman–Crippen LogP) is 3.67. The first-order valence-corrected chi connectivity index (χ1v) is 9.57. The molecule has 4 heteroatoms. The number of allylic oxidation sites excluding steroid dienone is 1. The van der Waals surface area contributed by atoms with Crippen LogP contribution in [0.2, 0.25) is 0 Å². The van der Waals surface area contributed by atoms with Crippen LogP contribution in [0, 0.1) is 0 Å². The van der Waals surface area contributed by atoms with E-state index >= 15 is 0 Å². The van der Waals surface area contributed by atoms with Crippen molar-refractivity contribution in [1.82, 2.24) is 10.2 Å². The second-order valence-electron chi connectivity index (χ2n) is 7.34. The molecule has 2 amide bonds. The zero-order valence-corrected chi connectivity index (χ0v) is 15.6. The number of carbonyl (C=O) groups excluding carboxylic acids is 2. The molecule has 0 saturated heterocycles. The summed E-state index contributed by atoms with van der Waals surface area (Å²) in [6, 6.07) is 18.4. The van der Waals surface area contributed by atoms with Crippen molar-refractivity contribution in [1.29, 1.82) is 0 Å². The van der Waals surface area contributed by atoms with Gasteiger partial charge in [0.1, 0.15) is 0 Å². The fourth-order valence-corrected chi connectivity index (χ4v) is 3.77. The standard InChI is InChI=1S/C23H24N2O2/c1-16-22(20-10-6-5-9-18(20)15-25(16)19-12-13-19)23(27)24-21(26)14-11-17-7-3-2-4-8-17/h2-10,19H,11-15H2,1H3,(H,24,26,27). The number of nitrogens with zero attached hydrogens (tertiary/aromatic N) is 1. The molecule has 2 aliphatic rings. The number of imide groups is 1. The Balaban J connectivity index is 1.50. The van der Waals surface area contributed by atoms with Crippen molar-refractivity contribution in [3.05, 3.63) is 77.0 Å². The maximum atomic E-state index is 13.0. The van der Waals surface area contributed by atoms with Gasteiger partial charge in [0.15, 0.2) is 0 Å². The molecule has 1 heterocycles. The lowest BCUT2D eigenvalue weighted by atomic mass is 9.93. The Labute approximate surface area is 159 Å². The molecule has 1 aliphatic carbocycles. The highest BCUT2D eigenvalue weighted by Gasteiger charge is 2.35. The normalized spacial score (nSPS) is 16.1. The van der Waals surface area contributed by atoms with E-state index in [4.69, 9.17) is 0 Å². The first kappa shape index (κ1) is 17.5. The number of aryl methyl sites for hydroxylation is 1. The van der Waals surface area contributed by atoms with Crippen LogP contribution in [-0.2, 0) is 22.6 Å². The smallest absolute Gasteiger partial charge is 0.260 e. The van der Waals surface area contributed by atoms with Crippen molar-refractivity contribution in [2.75, 3.05) is 0 Å². The van der Waals surface area contributed by atoms with Crippen molar-refractivity contribution in [2.45, 2.75) is 45.2 Å². The molecule has 2 aromatic carbocycles. The summed E-state index contributed by atoms with van der Waals surface area (Å²) in [5, 5.41) is 2.61. The van der Waals surface area contributed by atoms with E-state index in [-0.39, 0.29) is 11.8 Å². The third kappa shape index (κ3) is 3.80. The minimum Gasteiger partial charge on any atom is -0.367 e. The maximum absolute atomic E-state index is 13.0. The van der Waals surface area contributed by atoms with E-state index in [1.165, 1.54) is 12.8 Å². The topological polar surface area (TPSA) is 49.4 Å². The van der Waals surface area contributed by atoms with Gasteiger partial charge >= 0.3 is 0 Å². The summed E-state index contributed by atoms with van der Waals surface area (Å²) in [6.07, 6.45) is 3.27. The first-order valence-electron chi connectivity index (χ1n) is 9.57. The van der Waals surface area contributed by atoms with Gasteiger partial charge in [-0.05, 0) is 42.9 Å². The van der Waals surface area contributed by atoms with E-state index in [1.54, 1.807) is 0 Å². The summed E-state index contributed by atoms with van der Waals surface area (Å²) < 4.78 is 0. The lowest BCUT2D eigenvalue weighted by Gasteiger charge is -2.33. The highest BCUT2D eigenvalue weighted by Crippen LogP contribution is 2.39. The lowest BCUT2D eigenvalue weighted by Crippen LogP contribution is -2.36. The Hall–Kier alpha value is -2.88. The molecule has 0 radical (unpaired) electrons. The third-order valence-corrected chi connectivity index (χ3v) is 5.37. The molecule has 0 atom stereocenters. The van der Waals surface area contributed by atoms with Crippen LogP contribution >= 0.6 is 0 Å². The van der Waals surface area contributed by atoms with E-state index < -0.39 is 0 Å². The van der Waals surface area contributed by atoms with E-state index in [0.717, 1.165) is 28.9 Å². The Kier molecular flexibility index (Phi) is 4.80. The predicted molar refractivity (Wildman–Crippen MR) is 106 cm³/mol. The zero-order valence-electron chi connectivity index (χ0n) is 15.6. The largest absolute Gasteiger partial charge is 0.367 e. The van der Waals surface area contributed by atoms with Gasteiger partial charge in [0.2, 0.25) is 5.91 Å². The highest BCUT2D eigenvalue weighted by atomic mass is 16.2. The third-order valence-electron chi connectivity index (χ3n) is 5.37. The summed E-state index contributed by atoms with van der Waals surface area (Å²) in [5.41, 5.74) is 4.80. The fourth-order valence-electron chi connectivity index (χ4n) is 3.77. The number of hydrogen-bond donors (Lipinski definition) is 1. The van der Waals surface area contributed by atoms with Crippen LogP contribution in [-0.4, -0.2) is 22.8 Å². The zero-order chi connectivity index (χ0) is 18.8. The van der Waals surface area contributed by atoms with Crippen molar-refractivity contribution in [3.8, 4) is 0 Å². The van der Waals surface area contributed by atoms with E-state index in [0.29, 0.717) is 24.5 Å². The van der Waals surface area contributed by atoms with E-state index in [1.807, 2.05) is 55.5 Å². The number of fused-ring (bicyclic) bond motifs is 1. The Morgan fingerprint density at radius 2 is 1.74 bits per heavy atom. The number of amides is 2. The lowest BCUT2D eigenvalue weighted by molar-refractivity contribution is -0.127. The fraction of sp³-hybridized carbons (Fsp3) is 0.304. The molecule has 0 aromatic heterocycles. The molecule has 4 rings (SSSR count). The molecule has 138 valence electrons. The minimum absolute atomic E-state index is 0.231. The minimum atomic E-state index is -0.289. The molecular formula is C23H24N2O2. The van der Waals surface area contributed by atoms with E-state index in [2.05, 4.69) is 16.3 Å². The van der Waals surface area contributed by atoms with Crippen LogP contribution in [0.15, 0.2) is 60.3 Å². The average Bonchev–Trinajstić information content (AvgIpc) is 3.51. The van der Waals surface area contributed by atoms with E-state index in [9.17, 15) is 9.59 Å². The Bertz CT molecular complexity index is 898. The molecule has 1 N–H and O–H groups in total. The maximum Gasteiger partial charge on any atom is 0.260 e. The molecule has 0 spiro atoms. The van der Waals surface area contributed by atoms with Crippen LogP contribution in [0.25, 0.3) is 5.57 Å². The molecule has 0 bridgehead atoms. The monoisotopic (exact) mass is 360 g/mol. The molecule has 2 aromatic rings. The first-order chi connectivity index (χ1) is 13.1. The van der Waals surface area contributed by atoms with Crippen LogP contribution in [0.5, 0.6) is 0 Å².